The summed E-state index contributed by atoms with van der Waals surface area (Å²) in [6.07, 6.45) is 7.52. The second-order valence-corrected chi connectivity index (χ2v) is 8.94. The van der Waals surface area contributed by atoms with E-state index in [2.05, 4.69) is 46.1 Å². The summed E-state index contributed by atoms with van der Waals surface area (Å²) >= 11 is 0. The van der Waals surface area contributed by atoms with Gasteiger partial charge in [-0.2, -0.15) is 0 Å². The van der Waals surface area contributed by atoms with Crippen LogP contribution in [0.3, 0.4) is 0 Å². The minimum Gasteiger partial charge on any atom is -0.382 e. The van der Waals surface area contributed by atoms with Gasteiger partial charge in [-0.15, -0.1) is 6.58 Å². The van der Waals surface area contributed by atoms with Gasteiger partial charge in [-0.25, -0.2) is 0 Å². The van der Waals surface area contributed by atoms with Crippen LogP contribution in [0.2, 0.25) is 0 Å². The van der Waals surface area contributed by atoms with Crippen molar-refractivity contribution in [2.75, 3.05) is 39.5 Å². The average molecular weight is 384 g/mol. The van der Waals surface area contributed by atoms with Crippen molar-refractivity contribution in [1.29, 1.82) is 0 Å². The van der Waals surface area contributed by atoms with Crippen molar-refractivity contribution in [3.05, 3.63) is 12.7 Å². The minimum atomic E-state index is -0.143. The maximum Gasteiger partial charge on any atom is 0.0673 e. The molecule has 1 saturated heterocycles. The van der Waals surface area contributed by atoms with E-state index in [0.29, 0.717) is 12.0 Å². The number of nitrogens with zero attached hydrogens (tertiary/aromatic N) is 1. The zero-order valence-electron chi connectivity index (χ0n) is 18.9. The van der Waals surface area contributed by atoms with Crippen molar-refractivity contribution >= 4 is 0 Å². The molecule has 1 aliphatic heterocycles. The monoisotopic (exact) mass is 383 g/mol. The molecule has 1 heterocycles. The van der Waals surface area contributed by atoms with Gasteiger partial charge in [0.15, 0.2) is 0 Å². The summed E-state index contributed by atoms with van der Waals surface area (Å²) in [6, 6.07) is 0. The Hall–Kier alpha value is -0.420. The fraction of sp³-hybridized carbons (Fsp3) is 0.913. The van der Waals surface area contributed by atoms with E-state index in [1.54, 1.807) is 0 Å². The lowest BCUT2D eigenvalue weighted by Gasteiger charge is -2.38. The Bertz CT molecular complexity index is 404. The van der Waals surface area contributed by atoms with Gasteiger partial charge in [-0.1, -0.05) is 19.9 Å². The molecule has 1 unspecified atom stereocenters. The van der Waals surface area contributed by atoms with Gasteiger partial charge in [0.05, 0.1) is 23.9 Å². The normalized spacial score (nSPS) is 20.4. The fourth-order valence-electron chi connectivity index (χ4n) is 3.53. The summed E-state index contributed by atoms with van der Waals surface area (Å²) < 4.78 is 18.2. The minimum absolute atomic E-state index is 0.0988. The molecule has 0 spiro atoms. The third-order valence-electron chi connectivity index (χ3n) is 5.85. The standard InChI is InChI=1S/C23H45NO3/c1-8-20(4)19-24-15-11-21(12-16-24)27-22(5,6)13-18-26-23(7,9-2)14-17-25-10-3/h8,20-21H,1,9-19H2,2-7H3/t20-,23?/m1/s1. The van der Waals surface area contributed by atoms with E-state index >= 15 is 0 Å². The number of likely N-dealkylation sites (tertiary alicyclic amines) is 1. The van der Waals surface area contributed by atoms with Crippen LogP contribution in [-0.4, -0.2) is 61.7 Å². The first-order chi connectivity index (χ1) is 12.7. The number of ether oxygens (including phenoxy) is 3. The lowest BCUT2D eigenvalue weighted by atomic mass is 9.98. The first-order valence-electron chi connectivity index (χ1n) is 11.0. The molecule has 0 aromatic heterocycles. The van der Waals surface area contributed by atoms with Crippen LogP contribution in [0.1, 0.15) is 73.6 Å². The van der Waals surface area contributed by atoms with Crippen molar-refractivity contribution in [2.24, 2.45) is 5.92 Å². The van der Waals surface area contributed by atoms with E-state index in [0.717, 1.165) is 71.6 Å². The molecule has 0 bridgehead atoms. The number of hydrogen-bond donors (Lipinski definition) is 0. The topological polar surface area (TPSA) is 30.9 Å². The first kappa shape index (κ1) is 24.6. The highest BCUT2D eigenvalue weighted by Crippen LogP contribution is 2.26. The summed E-state index contributed by atoms with van der Waals surface area (Å²) in [7, 11) is 0. The van der Waals surface area contributed by atoms with Crippen molar-refractivity contribution in [1.82, 2.24) is 4.90 Å². The molecular formula is C23H45NO3. The Balaban J connectivity index is 2.32. The van der Waals surface area contributed by atoms with Crippen LogP contribution in [0, 0.1) is 5.92 Å². The highest BCUT2D eigenvalue weighted by Gasteiger charge is 2.29. The molecule has 1 rings (SSSR count). The van der Waals surface area contributed by atoms with Gasteiger partial charge in [0.25, 0.3) is 0 Å². The highest BCUT2D eigenvalue weighted by molar-refractivity contribution is 4.82. The Kier molecular flexibility index (Phi) is 11.1. The molecule has 0 amide bonds. The number of piperidine rings is 1. The van der Waals surface area contributed by atoms with Gasteiger partial charge < -0.3 is 19.1 Å². The van der Waals surface area contributed by atoms with Gasteiger partial charge in [0.2, 0.25) is 0 Å². The third-order valence-corrected chi connectivity index (χ3v) is 5.85. The van der Waals surface area contributed by atoms with E-state index < -0.39 is 0 Å². The van der Waals surface area contributed by atoms with Crippen LogP contribution >= 0.6 is 0 Å². The SMILES string of the molecule is C=C[C@@H](C)CN1CCC(OC(C)(C)CCOC(C)(CC)CCOCC)CC1. The first-order valence-corrected chi connectivity index (χ1v) is 11.0. The van der Waals surface area contributed by atoms with E-state index in [9.17, 15) is 0 Å². The molecule has 0 aromatic carbocycles. The zero-order chi connectivity index (χ0) is 20.3. The van der Waals surface area contributed by atoms with Crippen molar-refractivity contribution in [2.45, 2.75) is 91.0 Å². The quantitative estimate of drug-likeness (QED) is 0.309. The Morgan fingerprint density at radius 3 is 2.33 bits per heavy atom. The molecular weight excluding hydrogens is 338 g/mol. The van der Waals surface area contributed by atoms with E-state index in [1.165, 1.54) is 0 Å². The Morgan fingerprint density at radius 2 is 1.78 bits per heavy atom. The summed E-state index contributed by atoms with van der Waals surface area (Å²) in [6.45, 7) is 22.6. The largest absolute Gasteiger partial charge is 0.382 e. The summed E-state index contributed by atoms with van der Waals surface area (Å²) in [5, 5.41) is 0. The van der Waals surface area contributed by atoms with Crippen molar-refractivity contribution < 1.29 is 14.2 Å². The van der Waals surface area contributed by atoms with Crippen molar-refractivity contribution in [3.8, 4) is 0 Å². The van der Waals surface area contributed by atoms with E-state index in [-0.39, 0.29) is 11.2 Å². The van der Waals surface area contributed by atoms with E-state index in [4.69, 9.17) is 14.2 Å². The maximum absolute atomic E-state index is 6.45. The molecule has 1 fully saturated rings. The predicted octanol–water partition coefficient (Wildman–Crippen LogP) is 5.07. The van der Waals surface area contributed by atoms with Crippen LogP contribution in [0.5, 0.6) is 0 Å². The number of hydrogen-bond acceptors (Lipinski definition) is 4. The Labute approximate surface area is 168 Å². The molecule has 0 aliphatic carbocycles. The zero-order valence-corrected chi connectivity index (χ0v) is 18.9. The van der Waals surface area contributed by atoms with Crippen LogP contribution in [0.25, 0.3) is 0 Å². The van der Waals surface area contributed by atoms with Crippen LogP contribution in [0.4, 0.5) is 0 Å². The van der Waals surface area contributed by atoms with Gasteiger partial charge >= 0.3 is 0 Å². The Morgan fingerprint density at radius 1 is 1.11 bits per heavy atom. The molecule has 4 heteroatoms. The smallest absolute Gasteiger partial charge is 0.0673 e. The molecule has 2 atom stereocenters. The van der Waals surface area contributed by atoms with Crippen LogP contribution in [-0.2, 0) is 14.2 Å². The van der Waals surface area contributed by atoms with Gasteiger partial charge in [0.1, 0.15) is 0 Å². The maximum atomic E-state index is 6.45. The van der Waals surface area contributed by atoms with Gasteiger partial charge in [0, 0.05) is 32.8 Å². The molecule has 0 radical (unpaired) electrons. The molecule has 0 saturated carbocycles. The lowest BCUT2D eigenvalue weighted by Crippen LogP contribution is -2.42. The summed E-state index contributed by atoms with van der Waals surface area (Å²) in [5.74, 6) is 0.562. The van der Waals surface area contributed by atoms with Crippen LogP contribution in [0.15, 0.2) is 12.7 Å². The highest BCUT2D eigenvalue weighted by atomic mass is 16.5. The van der Waals surface area contributed by atoms with Crippen molar-refractivity contribution in [3.63, 3.8) is 0 Å². The van der Waals surface area contributed by atoms with Gasteiger partial charge in [-0.3, -0.25) is 0 Å². The average Bonchev–Trinajstić information content (AvgIpc) is 2.63. The molecule has 4 nitrogen and oxygen atoms in total. The second kappa shape index (κ2) is 12.2. The molecule has 27 heavy (non-hydrogen) atoms. The summed E-state index contributed by atoms with van der Waals surface area (Å²) in [5.41, 5.74) is -0.242. The summed E-state index contributed by atoms with van der Waals surface area (Å²) in [4.78, 5) is 2.54. The second-order valence-electron chi connectivity index (χ2n) is 8.94. The van der Waals surface area contributed by atoms with Crippen LogP contribution < -0.4 is 0 Å². The predicted molar refractivity (Wildman–Crippen MR) is 114 cm³/mol. The molecule has 0 aromatic rings. The fourth-order valence-corrected chi connectivity index (χ4v) is 3.53. The van der Waals surface area contributed by atoms with E-state index in [1.807, 2.05) is 13.0 Å². The molecule has 160 valence electrons. The molecule has 0 N–H and O–H groups in total. The van der Waals surface area contributed by atoms with Gasteiger partial charge in [-0.05, 0) is 65.7 Å². The molecule has 1 aliphatic rings. The lowest BCUT2D eigenvalue weighted by molar-refractivity contribution is -0.121. The number of rotatable bonds is 14. The third kappa shape index (κ3) is 10.1.